The van der Waals surface area contributed by atoms with Gasteiger partial charge in [-0.05, 0) is 33.1 Å². The van der Waals surface area contributed by atoms with Gasteiger partial charge in [0.2, 0.25) is 5.78 Å². The van der Waals surface area contributed by atoms with E-state index in [2.05, 4.69) is 0 Å². The fourth-order valence-electron chi connectivity index (χ4n) is 3.73. The monoisotopic (exact) mass is 453 g/mol. The number of esters is 1. The van der Waals surface area contributed by atoms with Crippen molar-refractivity contribution in [3.8, 4) is 0 Å². The molecule has 1 aliphatic rings. The lowest BCUT2D eigenvalue weighted by Gasteiger charge is -2.35. The lowest BCUT2D eigenvalue weighted by Crippen LogP contribution is -2.46. The smallest absolute Gasteiger partial charge is 0.410 e. The van der Waals surface area contributed by atoms with Gasteiger partial charge in [-0.15, -0.1) is 0 Å². The van der Waals surface area contributed by atoms with E-state index < -0.39 is 17.8 Å². The molecule has 0 saturated carbocycles. The molecule has 178 valence electrons. The van der Waals surface area contributed by atoms with Crippen LogP contribution in [0.15, 0.2) is 30.3 Å². The number of ether oxygens (including phenoxy) is 2. The first-order valence-corrected chi connectivity index (χ1v) is 11.3. The molecule has 1 aliphatic heterocycles. The Bertz CT molecular complexity index is 754. The van der Waals surface area contributed by atoms with Crippen LogP contribution < -0.4 is 0 Å². The predicted octanol–water partition coefficient (Wildman–Crippen LogP) is 5.24. The summed E-state index contributed by atoms with van der Waals surface area (Å²) in [6.45, 7) is 4.27. The van der Waals surface area contributed by atoms with E-state index in [1.807, 2.05) is 13.8 Å². The number of carbonyl (C=O) groups excluding carboxylic acids is 3. The summed E-state index contributed by atoms with van der Waals surface area (Å²) < 4.78 is 39.1. The first kappa shape index (κ1) is 25.7. The lowest BCUT2D eigenvalue weighted by molar-refractivity contribution is -0.147. The Morgan fingerprint density at radius 1 is 1.12 bits per heavy atom. The van der Waals surface area contributed by atoms with Crippen LogP contribution >= 0.6 is 0 Å². The Morgan fingerprint density at radius 3 is 2.50 bits per heavy atom. The van der Waals surface area contributed by atoms with Crippen LogP contribution in [0.5, 0.6) is 0 Å². The van der Waals surface area contributed by atoms with Crippen LogP contribution in [-0.2, 0) is 25.0 Å². The second-order valence-electron chi connectivity index (χ2n) is 8.36. The van der Waals surface area contributed by atoms with Gasteiger partial charge in [0.1, 0.15) is 0 Å². The van der Waals surface area contributed by atoms with Gasteiger partial charge in [-0.2, -0.15) is 8.78 Å². The lowest BCUT2D eigenvalue weighted by atomic mass is 9.97. The van der Waals surface area contributed by atoms with E-state index >= 15 is 0 Å². The van der Waals surface area contributed by atoms with Crippen LogP contribution in [0.2, 0.25) is 0 Å². The molecule has 1 aromatic rings. The number of rotatable bonds is 13. The Kier molecular flexibility index (Phi) is 10.1. The van der Waals surface area contributed by atoms with Crippen LogP contribution in [0.3, 0.4) is 0 Å². The van der Waals surface area contributed by atoms with E-state index in [9.17, 15) is 23.2 Å². The maximum atomic E-state index is 14.4. The second-order valence-corrected chi connectivity index (χ2v) is 8.36. The van der Waals surface area contributed by atoms with E-state index in [1.54, 1.807) is 11.0 Å². The molecule has 8 heteroatoms. The quantitative estimate of drug-likeness (QED) is 0.302. The summed E-state index contributed by atoms with van der Waals surface area (Å²) in [7, 11) is 0. The molecule has 0 N–H and O–H groups in total. The minimum absolute atomic E-state index is 0.121. The number of hydrogen-bond donors (Lipinski definition) is 0. The summed E-state index contributed by atoms with van der Waals surface area (Å²) >= 11 is 0. The van der Waals surface area contributed by atoms with Crippen LogP contribution in [0.4, 0.5) is 13.6 Å². The van der Waals surface area contributed by atoms with Gasteiger partial charge in [0.25, 0.3) is 0 Å². The molecular formula is C24H33F2NO5. The molecule has 1 aromatic carbocycles. The van der Waals surface area contributed by atoms with Crippen molar-refractivity contribution in [3.63, 3.8) is 0 Å². The van der Waals surface area contributed by atoms with Gasteiger partial charge in [0.15, 0.2) is 0 Å². The summed E-state index contributed by atoms with van der Waals surface area (Å²) in [4.78, 5) is 37.5. The number of benzene rings is 1. The highest BCUT2D eigenvalue weighted by molar-refractivity contribution is 5.86. The van der Waals surface area contributed by atoms with Crippen LogP contribution in [0.25, 0.3) is 0 Å². The van der Waals surface area contributed by atoms with Crippen molar-refractivity contribution in [1.29, 1.82) is 0 Å². The van der Waals surface area contributed by atoms with Crippen molar-refractivity contribution in [1.82, 2.24) is 4.90 Å². The highest BCUT2D eigenvalue weighted by atomic mass is 19.3. The number of amides is 1. The largest absolute Gasteiger partial charge is 0.463 e. The van der Waals surface area contributed by atoms with Gasteiger partial charge in [0, 0.05) is 37.4 Å². The van der Waals surface area contributed by atoms with E-state index in [0.29, 0.717) is 32.2 Å². The Labute approximate surface area is 188 Å². The van der Waals surface area contributed by atoms with Gasteiger partial charge >= 0.3 is 18.0 Å². The Balaban J connectivity index is 1.77. The number of nitrogens with zero attached hydrogens (tertiary/aromatic N) is 1. The van der Waals surface area contributed by atoms with E-state index in [-0.39, 0.29) is 43.1 Å². The third-order valence-corrected chi connectivity index (χ3v) is 5.44. The number of unbranched alkanes of at least 4 members (excludes halogenated alkanes) is 3. The van der Waals surface area contributed by atoms with Gasteiger partial charge in [0.05, 0.1) is 12.7 Å². The number of ketones is 1. The van der Waals surface area contributed by atoms with Crippen LogP contribution in [0, 0.1) is 0 Å². The zero-order chi connectivity index (χ0) is 23.6. The predicted molar refractivity (Wildman–Crippen MR) is 115 cm³/mol. The molecule has 1 amide bonds. The molecular weight excluding hydrogens is 420 g/mol. The highest BCUT2D eigenvalue weighted by Crippen LogP contribution is 2.31. The summed E-state index contributed by atoms with van der Waals surface area (Å²) in [5, 5.41) is 0. The number of hydrogen-bond acceptors (Lipinski definition) is 5. The molecule has 2 rings (SSSR count). The van der Waals surface area contributed by atoms with Crippen molar-refractivity contribution < 1.29 is 32.6 Å². The number of Topliss-reactive ketones (excluding diaryl/α,β-unsaturated/α-hetero) is 1. The first-order valence-electron chi connectivity index (χ1n) is 11.3. The molecule has 1 fully saturated rings. The summed E-state index contributed by atoms with van der Waals surface area (Å²) in [6, 6.07) is 6.75. The molecule has 0 spiro atoms. The molecule has 6 nitrogen and oxygen atoms in total. The molecule has 0 bridgehead atoms. The normalized spacial score (nSPS) is 16.7. The molecule has 32 heavy (non-hydrogen) atoms. The average molecular weight is 454 g/mol. The molecule has 0 radical (unpaired) electrons. The van der Waals surface area contributed by atoms with Gasteiger partial charge in [-0.1, -0.05) is 43.2 Å². The highest BCUT2D eigenvalue weighted by Gasteiger charge is 2.40. The zero-order valence-electron chi connectivity index (χ0n) is 18.9. The fraction of sp³-hybridized carbons (Fsp3) is 0.625. The van der Waals surface area contributed by atoms with Crippen LogP contribution in [-0.4, -0.2) is 48.0 Å². The van der Waals surface area contributed by atoms with Crippen molar-refractivity contribution in [3.05, 3.63) is 35.9 Å². The molecule has 0 unspecified atom stereocenters. The molecule has 1 heterocycles. The standard InChI is InChI=1S/C24H33F2NO5/c1-18(2)32-22(29)12-8-3-4-9-16-27-20(15-17-31-23(27)30)13-14-21(28)24(25,26)19-10-6-5-7-11-19/h5-7,10-11,18,20H,3-4,8-9,12-17H2,1-2H3/t20-/m0/s1. The van der Waals surface area contributed by atoms with E-state index in [0.717, 1.165) is 12.8 Å². The fourth-order valence-corrected chi connectivity index (χ4v) is 3.73. The minimum Gasteiger partial charge on any atom is -0.463 e. The third kappa shape index (κ3) is 7.88. The van der Waals surface area contributed by atoms with Gasteiger partial charge in [-0.3, -0.25) is 9.59 Å². The molecule has 0 aromatic heterocycles. The van der Waals surface area contributed by atoms with Crippen molar-refractivity contribution in [2.45, 2.75) is 83.3 Å². The summed E-state index contributed by atoms with van der Waals surface area (Å²) in [5.74, 6) is -4.90. The SMILES string of the molecule is CC(C)OC(=O)CCCCCCN1C(=O)OCC[C@@H]1CCC(=O)C(F)(F)c1ccccc1. The summed E-state index contributed by atoms with van der Waals surface area (Å²) in [6.07, 6.45) is 3.21. The number of halogens is 2. The van der Waals surface area contributed by atoms with Crippen molar-refractivity contribution >= 4 is 17.8 Å². The number of cyclic esters (lactones) is 1. The minimum atomic E-state index is -3.54. The molecule has 1 atom stereocenters. The third-order valence-electron chi connectivity index (χ3n) is 5.44. The molecule has 0 aliphatic carbocycles. The first-order chi connectivity index (χ1) is 15.2. The maximum absolute atomic E-state index is 14.4. The average Bonchev–Trinajstić information content (AvgIpc) is 2.75. The maximum Gasteiger partial charge on any atom is 0.410 e. The Hall–Kier alpha value is -2.51. The van der Waals surface area contributed by atoms with E-state index in [4.69, 9.17) is 9.47 Å². The van der Waals surface area contributed by atoms with Crippen LogP contribution in [0.1, 0.15) is 70.8 Å². The number of carbonyl (C=O) groups is 3. The van der Waals surface area contributed by atoms with Crippen molar-refractivity contribution in [2.24, 2.45) is 0 Å². The van der Waals surface area contributed by atoms with Gasteiger partial charge < -0.3 is 14.4 Å². The number of alkyl halides is 2. The topological polar surface area (TPSA) is 72.9 Å². The summed E-state index contributed by atoms with van der Waals surface area (Å²) in [5.41, 5.74) is -0.317. The second kappa shape index (κ2) is 12.5. The van der Waals surface area contributed by atoms with E-state index in [1.165, 1.54) is 24.3 Å². The molecule has 1 saturated heterocycles. The van der Waals surface area contributed by atoms with Gasteiger partial charge in [-0.25, -0.2) is 4.79 Å². The Morgan fingerprint density at radius 2 is 1.81 bits per heavy atom. The zero-order valence-corrected chi connectivity index (χ0v) is 18.9. The van der Waals surface area contributed by atoms with Crippen molar-refractivity contribution in [2.75, 3.05) is 13.2 Å².